The maximum Gasteiger partial charge on any atom is 0.186 e. The lowest BCUT2D eigenvalue weighted by Gasteiger charge is -2.35. The van der Waals surface area contributed by atoms with Gasteiger partial charge >= 0.3 is 0 Å². The second kappa shape index (κ2) is 5.03. The van der Waals surface area contributed by atoms with E-state index < -0.39 is 0 Å². The van der Waals surface area contributed by atoms with Crippen molar-refractivity contribution in [2.75, 3.05) is 37.7 Å². The molecule has 0 radical (unpaired) electrons. The van der Waals surface area contributed by atoms with Gasteiger partial charge in [0, 0.05) is 19.6 Å². The lowest BCUT2D eigenvalue weighted by molar-refractivity contribution is 0.172. The molecule has 1 N–H and O–H groups in total. The van der Waals surface area contributed by atoms with E-state index in [2.05, 4.69) is 10.2 Å². The van der Waals surface area contributed by atoms with Crippen LogP contribution in [0.2, 0.25) is 5.02 Å². The Balaban J connectivity index is 1.99. The fourth-order valence-corrected chi connectivity index (χ4v) is 2.82. The molecule has 98 valence electrons. The Bertz CT molecular complexity index is 456. The first-order valence-corrected chi connectivity index (χ1v) is 6.77. The number of anilines is 1. The summed E-state index contributed by atoms with van der Waals surface area (Å²) in [5.74, 6) is 1.49. The molecule has 2 aliphatic rings. The van der Waals surface area contributed by atoms with Crippen molar-refractivity contribution in [1.29, 1.82) is 0 Å². The number of nitrogens with one attached hydrogen (secondary N) is 1. The van der Waals surface area contributed by atoms with E-state index in [1.807, 2.05) is 12.1 Å². The van der Waals surface area contributed by atoms with Gasteiger partial charge in [-0.2, -0.15) is 0 Å². The number of hydrogen-bond acceptors (Lipinski definition) is 4. The Kier molecular flexibility index (Phi) is 3.41. The minimum Gasteiger partial charge on any atom is -0.486 e. The van der Waals surface area contributed by atoms with Crippen molar-refractivity contribution in [1.82, 2.24) is 5.32 Å². The predicted molar refractivity (Wildman–Crippen MR) is 72.3 cm³/mol. The van der Waals surface area contributed by atoms with Crippen LogP contribution in [0, 0.1) is 0 Å². The molecule has 0 aliphatic carbocycles. The molecule has 2 heterocycles. The summed E-state index contributed by atoms with van der Waals surface area (Å²) in [6, 6.07) is 3.69. The van der Waals surface area contributed by atoms with Gasteiger partial charge in [-0.05, 0) is 12.1 Å². The molecular formula is C12H14Cl2N2O2. The van der Waals surface area contributed by atoms with E-state index in [4.69, 9.17) is 32.7 Å². The van der Waals surface area contributed by atoms with Crippen LogP contribution in [0.5, 0.6) is 11.5 Å². The van der Waals surface area contributed by atoms with Crippen LogP contribution in [-0.4, -0.2) is 38.3 Å². The molecule has 0 saturated carbocycles. The number of benzene rings is 1. The normalized spacial score (nSPS) is 23.0. The first-order valence-electron chi connectivity index (χ1n) is 5.96. The summed E-state index contributed by atoms with van der Waals surface area (Å²) < 4.78 is 11.3. The second-order valence-corrected chi connectivity index (χ2v) is 5.22. The summed E-state index contributed by atoms with van der Waals surface area (Å²) >= 11 is 12.4. The van der Waals surface area contributed by atoms with Crippen molar-refractivity contribution in [2.45, 2.75) is 5.50 Å². The summed E-state index contributed by atoms with van der Waals surface area (Å²) in [6.45, 7) is 3.50. The van der Waals surface area contributed by atoms with Crippen LogP contribution in [0.25, 0.3) is 0 Å². The molecule has 1 saturated heterocycles. The Hall–Kier alpha value is -0.840. The number of rotatable bonds is 1. The summed E-state index contributed by atoms with van der Waals surface area (Å²) in [6.07, 6.45) is 0. The fourth-order valence-electron chi connectivity index (χ4n) is 2.28. The van der Waals surface area contributed by atoms with Gasteiger partial charge in [-0.15, -0.1) is 11.6 Å². The smallest absolute Gasteiger partial charge is 0.186 e. The maximum absolute atomic E-state index is 6.30. The zero-order valence-electron chi connectivity index (χ0n) is 9.79. The average molecular weight is 289 g/mol. The molecule has 0 spiro atoms. The fraction of sp³-hybridized carbons (Fsp3) is 0.500. The molecule has 4 nitrogen and oxygen atoms in total. The highest BCUT2D eigenvalue weighted by atomic mass is 35.5. The molecule has 6 heteroatoms. The minimum atomic E-state index is -0.0739. The van der Waals surface area contributed by atoms with Gasteiger partial charge in [0.2, 0.25) is 0 Å². The summed E-state index contributed by atoms with van der Waals surface area (Å²) in [7, 11) is 0. The molecule has 3 rings (SSSR count). The van der Waals surface area contributed by atoms with Gasteiger partial charge in [0.15, 0.2) is 11.5 Å². The predicted octanol–water partition coefficient (Wildman–Crippen LogP) is 2.09. The van der Waals surface area contributed by atoms with Gasteiger partial charge < -0.3 is 14.4 Å². The number of alkyl halides is 1. The Morgan fingerprint density at radius 2 is 2.11 bits per heavy atom. The van der Waals surface area contributed by atoms with Gasteiger partial charge in [0.1, 0.15) is 24.4 Å². The van der Waals surface area contributed by atoms with E-state index in [0.717, 1.165) is 30.3 Å². The van der Waals surface area contributed by atoms with Gasteiger partial charge in [-0.25, -0.2) is 0 Å². The molecule has 0 bridgehead atoms. The molecule has 1 atom stereocenters. The number of fused-ring (bicyclic) bond motifs is 1. The van der Waals surface area contributed by atoms with Gasteiger partial charge in [-0.3, -0.25) is 5.32 Å². The number of nitrogens with zero attached hydrogens (tertiary/aromatic N) is 1. The molecule has 0 amide bonds. The number of piperazine rings is 1. The lowest BCUT2D eigenvalue weighted by atomic mass is 10.2. The van der Waals surface area contributed by atoms with Crippen LogP contribution in [0.1, 0.15) is 0 Å². The van der Waals surface area contributed by atoms with E-state index in [-0.39, 0.29) is 5.50 Å². The van der Waals surface area contributed by atoms with Gasteiger partial charge in [0.25, 0.3) is 0 Å². The first-order chi connectivity index (χ1) is 8.75. The van der Waals surface area contributed by atoms with E-state index in [1.54, 1.807) is 0 Å². The minimum absolute atomic E-state index is 0.0739. The average Bonchev–Trinajstić information content (AvgIpc) is 2.38. The summed E-state index contributed by atoms with van der Waals surface area (Å²) in [5, 5.41) is 3.86. The van der Waals surface area contributed by atoms with Crippen molar-refractivity contribution < 1.29 is 9.47 Å². The van der Waals surface area contributed by atoms with E-state index in [0.29, 0.717) is 24.8 Å². The van der Waals surface area contributed by atoms with Crippen LogP contribution < -0.4 is 19.7 Å². The van der Waals surface area contributed by atoms with Crippen molar-refractivity contribution in [2.24, 2.45) is 0 Å². The molecule has 1 fully saturated rings. The van der Waals surface area contributed by atoms with Crippen molar-refractivity contribution >= 4 is 28.9 Å². The highest BCUT2D eigenvalue weighted by molar-refractivity contribution is 6.33. The van der Waals surface area contributed by atoms with Crippen LogP contribution >= 0.6 is 23.2 Å². The largest absolute Gasteiger partial charge is 0.486 e. The zero-order valence-corrected chi connectivity index (χ0v) is 11.3. The number of ether oxygens (including phenoxy) is 2. The molecular weight excluding hydrogens is 275 g/mol. The van der Waals surface area contributed by atoms with Crippen molar-refractivity contribution in [3.05, 3.63) is 17.2 Å². The van der Waals surface area contributed by atoms with Crippen LogP contribution in [-0.2, 0) is 0 Å². The van der Waals surface area contributed by atoms with E-state index >= 15 is 0 Å². The summed E-state index contributed by atoms with van der Waals surface area (Å²) in [4.78, 5) is 2.14. The SMILES string of the molecule is Clc1ccc2c(c1N1CCNC(Cl)C1)OCCO2. The molecule has 2 aliphatic heterocycles. The van der Waals surface area contributed by atoms with E-state index in [1.165, 1.54) is 0 Å². The quantitative estimate of drug-likeness (QED) is 0.634. The Morgan fingerprint density at radius 3 is 2.94 bits per heavy atom. The van der Waals surface area contributed by atoms with Gasteiger partial charge in [0.05, 0.1) is 5.02 Å². The third-order valence-electron chi connectivity index (χ3n) is 3.08. The topological polar surface area (TPSA) is 33.7 Å². The number of halogens is 2. The first kappa shape index (κ1) is 12.2. The third-order valence-corrected chi connectivity index (χ3v) is 3.68. The number of hydrogen-bond donors (Lipinski definition) is 1. The van der Waals surface area contributed by atoms with Crippen molar-refractivity contribution in [3.8, 4) is 11.5 Å². The molecule has 1 unspecified atom stereocenters. The molecule has 1 aromatic carbocycles. The van der Waals surface area contributed by atoms with Gasteiger partial charge in [-0.1, -0.05) is 11.6 Å². The second-order valence-electron chi connectivity index (χ2n) is 4.29. The Morgan fingerprint density at radius 1 is 1.28 bits per heavy atom. The van der Waals surface area contributed by atoms with Crippen molar-refractivity contribution in [3.63, 3.8) is 0 Å². The third kappa shape index (κ3) is 2.20. The van der Waals surface area contributed by atoms with Crippen LogP contribution in [0.4, 0.5) is 5.69 Å². The van der Waals surface area contributed by atoms with Crippen LogP contribution in [0.3, 0.4) is 0 Å². The highest BCUT2D eigenvalue weighted by Gasteiger charge is 2.26. The standard InChI is InChI=1S/C12H14Cl2N2O2/c13-8-1-2-9-12(18-6-5-17-9)11(8)16-4-3-15-10(14)7-16/h1-2,10,15H,3-7H2. The van der Waals surface area contributed by atoms with Crippen LogP contribution in [0.15, 0.2) is 12.1 Å². The Labute approximate surface area is 116 Å². The van der Waals surface area contributed by atoms with E-state index in [9.17, 15) is 0 Å². The highest BCUT2D eigenvalue weighted by Crippen LogP contribution is 2.44. The molecule has 0 aromatic heterocycles. The maximum atomic E-state index is 6.30. The summed E-state index contributed by atoms with van der Waals surface area (Å²) in [5.41, 5.74) is 0.816. The molecule has 1 aromatic rings. The molecule has 18 heavy (non-hydrogen) atoms. The zero-order chi connectivity index (χ0) is 12.5. The lowest BCUT2D eigenvalue weighted by Crippen LogP contribution is -2.48. The monoisotopic (exact) mass is 288 g/mol.